The van der Waals surface area contributed by atoms with E-state index in [0.717, 1.165) is 11.1 Å². The van der Waals surface area contributed by atoms with Crippen LogP contribution in [0.4, 0.5) is 0 Å². The molecule has 0 aliphatic carbocycles. The van der Waals surface area contributed by atoms with Gasteiger partial charge < -0.3 is 5.11 Å². The van der Waals surface area contributed by atoms with E-state index in [2.05, 4.69) is 62.4 Å². The lowest BCUT2D eigenvalue weighted by atomic mass is 9.95. The molecule has 3 aromatic carbocycles. The molecule has 0 aliphatic rings. The van der Waals surface area contributed by atoms with E-state index in [9.17, 15) is 5.11 Å². The summed E-state index contributed by atoms with van der Waals surface area (Å²) in [5, 5.41) is 12.4. The maximum absolute atomic E-state index is 9.92. The minimum absolute atomic E-state index is 0.315. The summed E-state index contributed by atoms with van der Waals surface area (Å²) in [4.78, 5) is 0. The van der Waals surface area contributed by atoms with Crippen molar-refractivity contribution in [2.24, 2.45) is 0 Å². The molecule has 0 amide bonds. The Kier molecular flexibility index (Phi) is 3.19. The summed E-state index contributed by atoms with van der Waals surface area (Å²) in [6.07, 6.45) is 0. The maximum atomic E-state index is 9.92. The SMILES string of the molecule is CC(C)c1cc(-c2ccc3ccccc3c2)ccc1O. The van der Waals surface area contributed by atoms with E-state index < -0.39 is 0 Å². The van der Waals surface area contributed by atoms with Crippen molar-refractivity contribution in [2.45, 2.75) is 19.8 Å². The molecule has 0 aliphatic heterocycles. The highest BCUT2D eigenvalue weighted by Gasteiger charge is 2.08. The molecule has 0 unspecified atom stereocenters. The average Bonchev–Trinajstić information content (AvgIpc) is 2.47. The third-order valence-electron chi connectivity index (χ3n) is 3.73. The monoisotopic (exact) mass is 262 g/mol. The second kappa shape index (κ2) is 5.01. The third-order valence-corrected chi connectivity index (χ3v) is 3.73. The summed E-state index contributed by atoms with van der Waals surface area (Å²) >= 11 is 0. The molecule has 100 valence electrons. The van der Waals surface area contributed by atoms with Crippen molar-refractivity contribution in [2.75, 3.05) is 0 Å². The predicted molar refractivity (Wildman–Crippen MR) is 85.1 cm³/mol. The Morgan fingerprint density at radius 1 is 0.750 bits per heavy atom. The Balaban J connectivity index is 2.13. The topological polar surface area (TPSA) is 20.2 Å². The van der Waals surface area contributed by atoms with Crippen LogP contribution in [0.1, 0.15) is 25.3 Å². The Bertz CT molecular complexity index is 757. The first-order chi connectivity index (χ1) is 9.65. The molecule has 1 nitrogen and oxygen atoms in total. The first-order valence-corrected chi connectivity index (χ1v) is 6.97. The van der Waals surface area contributed by atoms with Crippen LogP contribution in [0.15, 0.2) is 60.7 Å². The zero-order valence-electron chi connectivity index (χ0n) is 11.8. The largest absolute Gasteiger partial charge is 0.508 e. The fraction of sp³-hybridized carbons (Fsp3) is 0.158. The number of aromatic hydroxyl groups is 1. The van der Waals surface area contributed by atoms with Crippen molar-refractivity contribution in [3.05, 3.63) is 66.2 Å². The molecule has 0 spiro atoms. The molecule has 1 heteroatoms. The molecule has 0 bridgehead atoms. The lowest BCUT2D eigenvalue weighted by Gasteiger charge is -2.11. The van der Waals surface area contributed by atoms with Crippen LogP contribution in [0.3, 0.4) is 0 Å². The Morgan fingerprint density at radius 2 is 1.40 bits per heavy atom. The van der Waals surface area contributed by atoms with Gasteiger partial charge in [-0.3, -0.25) is 0 Å². The third kappa shape index (κ3) is 2.27. The van der Waals surface area contributed by atoms with Gasteiger partial charge in [-0.1, -0.05) is 56.3 Å². The maximum Gasteiger partial charge on any atom is 0.119 e. The van der Waals surface area contributed by atoms with E-state index in [1.165, 1.54) is 16.3 Å². The Labute approximate surface area is 119 Å². The minimum Gasteiger partial charge on any atom is -0.508 e. The van der Waals surface area contributed by atoms with E-state index in [1.807, 2.05) is 6.07 Å². The van der Waals surface area contributed by atoms with E-state index in [-0.39, 0.29) is 0 Å². The number of phenolic OH excluding ortho intramolecular Hbond substituents is 1. The van der Waals surface area contributed by atoms with Gasteiger partial charge in [0.2, 0.25) is 0 Å². The Hall–Kier alpha value is -2.28. The number of rotatable bonds is 2. The summed E-state index contributed by atoms with van der Waals surface area (Å²) in [7, 11) is 0. The highest BCUT2D eigenvalue weighted by molar-refractivity contribution is 5.87. The number of hydrogen-bond donors (Lipinski definition) is 1. The number of fused-ring (bicyclic) bond motifs is 1. The zero-order valence-corrected chi connectivity index (χ0v) is 11.8. The van der Waals surface area contributed by atoms with Gasteiger partial charge in [-0.05, 0) is 51.6 Å². The first-order valence-electron chi connectivity index (χ1n) is 6.97. The molecule has 20 heavy (non-hydrogen) atoms. The molecule has 0 atom stereocenters. The summed E-state index contributed by atoms with van der Waals surface area (Å²) in [5.74, 6) is 0.694. The van der Waals surface area contributed by atoms with Gasteiger partial charge in [0.15, 0.2) is 0 Å². The fourth-order valence-corrected chi connectivity index (χ4v) is 2.57. The average molecular weight is 262 g/mol. The van der Waals surface area contributed by atoms with E-state index in [0.29, 0.717) is 11.7 Å². The Morgan fingerprint density at radius 3 is 2.15 bits per heavy atom. The lowest BCUT2D eigenvalue weighted by molar-refractivity contribution is 0.465. The number of hydrogen-bond acceptors (Lipinski definition) is 1. The van der Waals surface area contributed by atoms with Crippen LogP contribution in [-0.4, -0.2) is 5.11 Å². The van der Waals surface area contributed by atoms with Gasteiger partial charge in [-0.2, -0.15) is 0 Å². The summed E-state index contributed by atoms with van der Waals surface area (Å²) in [6.45, 7) is 4.19. The van der Waals surface area contributed by atoms with E-state index in [1.54, 1.807) is 6.07 Å². The zero-order chi connectivity index (χ0) is 14.1. The summed E-state index contributed by atoms with van der Waals surface area (Å²) in [5.41, 5.74) is 3.33. The molecule has 0 heterocycles. The van der Waals surface area contributed by atoms with Crippen LogP contribution in [0, 0.1) is 0 Å². The van der Waals surface area contributed by atoms with Crippen LogP contribution in [0.2, 0.25) is 0 Å². The molecular formula is C19H18O. The molecule has 0 aromatic heterocycles. The molecule has 0 radical (unpaired) electrons. The minimum atomic E-state index is 0.315. The highest BCUT2D eigenvalue weighted by Crippen LogP contribution is 2.31. The van der Waals surface area contributed by atoms with Gasteiger partial charge in [-0.15, -0.1) is 0 Å². The molecule has 0 saturated carbocycles. The second-order valence-corrected chi connectivity index (χ2v) is 5.49. The van der Waals surface area contributed by atoms with Gasteiger partial charge in [-0.25, -0.2) is 0 Å². The summed E-state index contributed by atoms with van der Waals surface area (Å²) < 4.78 is 0. The van der Waals surface area contributed by atoms with Crippen molar-refractivity contribution >= 4 is 10.8 Å². The normalized spacial score (nSPS) is 11.2. The van der Waals surface area contributed by atoms with Crippen LogP contribution in [0.25, 0.3) is 21.9 Å². The highest BCUT2D eigenvalue weighted by atomic mass is 16.3. The predicted octanol–water partition coefficient (Wildman–Crippen LogP) is 5.34. The van der Waals surface area contributed by atoms with Gasteiger partial charge in [0.05, 0.1) is 0 Å². The van der Waals surface area contributed by atoms with Crippen molar-refractivity contribution in [1.82, 2.24) is 0 Å². The van der Waals surface area contributed by atoms with E-state index in [4.69, 9.17) is 0 Å². The van der Waals surface area contributed by atoms with Crippen molar-refractivity contribution in [3.63, 3.8) is 0 Å². The number of phenols is 1. The lowest BCUT2D eigenvalue weighted by Crippen LogP contribution is -1.89. The van der Waals surface area contributed by atoms with Crippen molar-refractivity contribution in [3.8, 4) is 16.9 Å². The molecule has 3 aromatic rings. The smallest absolute Gasteiger partial charge is 0.119 e. The van der Waals surface area contributed by atoms with Crippen molar-refractivity contribution in [1.29, 1.82) is 0 Å². The number of benzene rings is 3. The second-order valence-electron chi connectivity index (χ2n) is 5.49. The van der Waals surface area contributed by atoms with Gasteiger partial charge in [0.25, 0.3) is 0 Å². The first kappa shape index (κ1) is 12.7. The van der Waals surface area contributed by atoms with Gasteiger partial charge >= 0.3 is 0 Å². The summed E-state index contributed by atoms with van der Waals surface area (Å²) in [6, 6.07) is 20.7. The van der Waals surface area contributed by atoms with Gasteiger partial charge in [0.1, 0.15) is 5.75 Å². The van der Waals surface area contributed by atoms with Crippen LogP contribution >= 0.6 is 0 Å². The van der Waals surface area contributed by atoms with Gasteiger partial charge in [0, 0.05) is 0 Å². The molecule has 1 N–H and O–H groups in total. The quantitative estimate of drug-likeness (QED) is 0.661. The van der Waals surface area contributed by atoms with E-state index >= 15 is 0 Å². The molecule has 0 saturated heterocycles. The fourth-order valence-electron chi connectivity index (χ4n) is 2.57. The molecular weight excluding hydrogens is 244 g/mol. The van der Waals surface area contributed by atoms with Crippen LogP contribution in [0.5, 0.6) is 5.75 Å². The van der Waals surface area contributed by atoms with Crippen molar-refractivity contribution < 1.29 is 5.11 Å². The molecule has 3 rings (SSSR count). The van der Waals surface area contributed by atoms with Crippen LogP contribution < -0.4 is 0 Å². The van der Waals surface area contributed by atoms with Crippen LogP contribution in [-0.2, 0) is 0 Å². The standard InChI is InChI=1S/C19H18O/c1-13(2)18-12-17(9-10-19(18)20)16-8-7-14-5-3-4-6-15(14)11-16/h3-13,20H,1-2H3. The molecule has 0 fully saturated rings.